The van der Waals surface area contributed by atoms with Gasteiger partial charge >= 0.3 is 0 Å². The van der Waals surface area contributed by atoms with E-state index in [0.29, 0.717) is 12.0 Å². The lowest BCUT2D eigenvalue weighted by Crippen LogP contribution is -2.43. The van der Waals surface area contributed by atoms with E-state index in [4.69, 9.17) is 5.73 Å². The number of nitrogen functional groups attached to an aromatic ring is 1. The van der Waals surface area contributed by atoms with Crippen molar-refractivity contribution in [2.75, 3.05) is 25.4 Å². The quantitative estimate of drug-likeness (QED) is 0.841. The van der Waals surface area contributed by atoms with Gasteiger partial charge < -0.3 is 16.0 Å². The average Bonchev–Trinajstić information content (AvgIpc) is 3.18. The van der Waals surface area contributed by atoms with E-state index in [0.717, 1.165) is 34.1 Å². The Morgan fingerprint density at radius 3 is 2.62 bits per heavy atom. The third-order valence-corrected chi connectivity index (χ3v) is 5.86. The molecule has 4 nitrogen and oxygen atoms in total. The number of fused-ring (bicyclic) bond motifs is 2. The van der Waals surface area contributed by atoms with Crippen LogP contribution in [0.2, 0.25) is 0 Å². The summed E-state index contributed by atoms with van der Waals surface area (Å²) in [4.78, 5) is 17.1. The van der Waals surface area contributed by atoms with Gasteiger partial charge in [0.05, 0.1) is 0 Å². The van der Waals surface area contributed by atoms with Crippen LogP contribution in [0.5, 0.6) is 0 Å². The lowest BCUT2D eigenvalue weighted by Gasteiger charge is -2.23. The molecule has 2 aliphatic heterocycles. The van der Waals surface area contributed by atoms with E-state index in [-0.39, 0.29) is 5.91 Å². The molecular formula is C19H21N3OS. The summed E-state index contributed by atoms with van der Waals surface area (Å²) in [5.74, 6) is 0.668. The largest absolute Gasteiger partial charge is 0.399 e. The summed E-state index contributed by atoms with van der Waals surface area (Å²) in [6.07, 6.45) is 1.21. The van der Waals surface area contributed by atoms with Crippen LogP contribution in [0.1, 0.15) is 16.8 Å². The minimum absolute atomic E-state index is 0.0363. The molecule has 2 bridgehead atoms. The SMILES string of the molecule is Nc1cccc(Sc2ccc(C(=O)NC3CN4CCC3C4)cc2)c1. The standard InChI is InChI=1S/C19H21N3OS/c20-15-2-1-3-17(10-15)24-16-6-4-13(5-7-16)19(23)21-18-12-22-9-8-14(18)11-22/h1-7,10,14,18H,8-9,11-12,20H2,(H,21,23). The third kappa shape index (κ3) is 3.28. The molecule has 0 spiro atoms. The van der Waals surface area contributed by atoms with Crippen LogP contribution >= 0.6 is 11.8 Å². The van der Waals surface area contributed by atoms with Crippen molar-refractivity contribution in [2.45, 2.75) is 22.3 Å². The summed E-state index contributed by atoms with van der Waals surface area (Å²) in [6.45, 7) is 3.33. The van der Waals surface area contributed by atoms with Crippen molar-refractivity contribution in [2.24, 2.45) is 5.92 Å². The Labute approximate surface area is 146 Å². The maximum atomic E-state index is 12.4. The van der Waals surface area contributed by atoms with Crippen molar-refractivity contribution in [1.29, 1.82) is 0 Å². The molecule has 0 aromatic heterocycles. The summed E-state index contributed by atoms with van der Waals surface area (Å²) in [5, 5.41) is 3.20. The van der Waals surface area contributed by atoms with Crippen molar-refractivity contribution in [3.63, 3.8) is 0 Å². The maximum Gasteiger partial charge on any atom is 0.251 e. The van der Waals surface area contributed by atoms with E-state index in [2.05, 4.69) is 10.2 Å². The zero-order valence-electron chi connectivity index (χ0n) is 13.4. The zero-order valence-corrected chi connectivity index (χ0v) is 14.3. The fourth-order valence-electron chi connectivity index (χ4n) is 3.59. The first-order valence-corrected chi connectivity index (χ1v) is 9.16. The molecule has 2 fully saturated rings. The van der Waals surface area contributed by atoms with Crippen LogP contribution in [0.25, 0.3) is 0 Å². The fraction of sp³-hybridized carbons (Fsp3) is 0.316. The first-order valence-electron chi connectivity index (χ1n) is 8.34. The fourth-order valence-corrected chi connectivity index (χ4v) is 4.47. The molecule has 2 aromatic rings. The molecule has 2 aromatic carbocycles. The van der Waals surface area contributed by atoms with Crippen LogP contribution in [-0.4, -0.2) is 36.5 Å². The third-order valence-electron chi connectivity index (χ3n) is 4.86. The minimum atomic E-state index is 0.0363. The molecule has 124 valence electrons. The number of amides is 1. The van der Waals surface area contributed by atoms with Gasteiger partial charge in [-0.15, -0.1) is 0 Å². The second-order valence-corrected chi connectivity index (χ2v) is 7.73. The molecule has 3 unspecified atom stereocenters. The van der Waals surface area contributed by atoms with E-state index >= 15 is 0 Å². The zero-order chi connectivity index (χ0) is 16.5. The highest BCUT2D eigenvalue weighted by molar-refractivity contribution is 7.99. The van der Waals surface area contributed by atoms with Crippen LogP contribution in [0.3, 0.4) is 0 Å². The Balaban J connectivity index is 1.39. The monoisotopic (exact) mass is 339 g/mol. The van der Waals surface area contributed by atoms with Crippen LogP contribution in [0.15, 0.2) is 58.3 Å². The number of nitrogens with zero attached hydrogens (tertiary/aromatic N) is 1. The number of anilines is 1. The van der Waals surface area contributed by atoms with Gasteiger partial charge in [0.2, 0.25) is 0 Å². The number of nitrogens with two attached hydrogens (primary N) is 1. The number of piperidine rings is 1. The van der Waals surface area contributed by atoms with Crippen LogP contribution in [0, 0.1) is 5.92 Å². The van der Waals surface area contributed by atoms with Gasteiger partial charge in [-0.2, -0.15) is 0 Å². The van der Waals surface area contributed by atoms with Gasteiger partial charge in [0.1, 0.15) is 0 Å². The predicted octanol–water partition coefficient (Wildman–Crippen LogP) is 2.85. The first-order chi connectivity index (χ1) is 11.7. The van der Waals surface area contributed by atoms with E-state index in [1.165, 1.54) is 13.0 Å². The first kappa shape index (κ1) is 15.5. The van der Waals surface area contributed by atoms with Crippen molar-refractivity contribution in [3.8, 4) is 0 Å². The lowest BCUT2D eigenvalue weighted by atomic mass is 9.99. The number of benzene rings is 2. The maximum absolute atomic E-state index is 12.4. The van der Waals surface area contributed by atoms with Gasteiger partial charge in [-0.1, -0.05) is 17.8 Å². The molecule has 0 aliphatic carbocycles. The lowest BCUT2D eigenvalue weighted by molar-refractivity contribution is 0.0924. The molecule has 3 N–H and O–H groups in total. The summed E-state index contributed by atoms with van der Waals surface area (Å²) < 4.78 is 0. The highest BCUT2D eigenvalue weighted by Gasteiger charge is 2.38. The Kier molecular flexibility index (Phi) is 4.21. The van der Waals surface area contributed by atoms with Gasteiger partial charge in [-0.05, 0) is 61.3 Å². The molecule has 0 saturated carbocycles. The second kappa shape index (κ2) is 6.49. The van der Waals surface area contributed by atoms with E-state index < -0.39 is 0 Å². The Morgan fingerprint density at radius 2 is 1.96 bits per heavy atom. The number of hydrogen-bond acceptors (Lipinski definition) is 4. The highest BCUT2D eigenvalue weighted by Crippen LogP contribution is 2.30. The number of hydrogen-bond donors (Lipinski definition) is 2. The van der Waals surface area contributed by atoms with Crippen molar-refractivity contribution >= 4 is 23.4 Å². The Hall–Kier alpha value is -1.98. The van der Waals surface area contributed by atoms with Gasteiger partial charge in [0.25, 0.3) is 5.91 Å². The summed E-state index contributed by atoms with van der Waals surface area (Å²) in [7, 11) is 0. The molecule has 5 heteroatoms. The molecule has 3 atom stereocenters. The molecule has 2 heterocycles. The molecule has 2 aliphatic rings. The summed E-state index contributed by atoms with van der Waals surface area (Å²) >= 11 is 1.65. The summed E-state index contributed by atoms with van der Waals surface area (Å²) in [6, 6.07) is 15.9. The molecule has 24 heavy (non-hydrogen) atoms. The number of rotatable bonds is 4. The smallest absolute Gasteiger partial charge is 0.251 e. The van der Waals surface area contributed by atoms with E-state index in [9.17, 15) is 4.79 Å². The van der Waals surface area contributed by atoms with Gasteiger partial charge in [0.15, 0.2) is 0 Å². The van der Waals surface area contributed by atoms with Crippen molar-refractivity contribution in [1.82, 2.24) is 10.2 Å². The number of nitrogens with one attached hydrogen (secondary N) is 1. The van der Waals surface area contributed by atoms with Gasteiger partial charge in [-0.25, -0.2) is 0 Å². The van der Waals surface area contributed by atoms with Crippen molar-refractivity contribution < 1.29 is 4.79 Å². The normalized spacial score (nSPS) is 24.9. The molecule has 1 amide bonds. The number of carbonyl (C=O) groups is 1. The summed E-state index contributed by atoms with van der Waals surface area (Å²) in [5.41, 5.74) is 7.30. The molecule has 2 saturated heterocycles. The van der Waals surface area contributed by atoms with Crippen LogP contribution in [-0.2, 0) is 0 Å². The highest BCUT2D eigenvalue weighted by atomic mass is 32.2. The van der Waals surface area contributed by atoms with E-state index in [1.54, 1.807) is 11.8 Å². The van der Waals surface area contributed by atoms with Gasteiger partial charge in [0, 0.05) is 40.2 Å². The Morgan fingerprint density at radius 1 is 1.12 bits per heavy atom. The molecule has 0 radical (unpaired) electrons. The average molecular weight is 339 g/mol. The number of carbonyl (C=O) groups excluding carboxylic acids is 1. The Bertz CT molecular complexity index is 747. The van der Waals surface area contributed by atoms with Gasteiger partial charge in [-0.3, -0.25) is 4.79 Å². The van der Waals surface area contributed by atoms with E-state index in [1.807, 2.05) is 48.5 Å². The molecular weight excluding hydrogens is 318 g/mol. The van der Waals surface area contributed by atoms with Crippen LogP contribution in [0.4, 0.5) is 5.69 Å². The molecule has 4 rings (SSSR count). The second-order valence-electron chi connectivity index (χ2n) is 6.59. The topological polar surface area (TPSA) is 58.4 Å². The van der Waals surface area contributed by atoms with Crippen LogP contribution < -0.4 is 11.1 Å². The minimum Gasteiger partial charge on any atom is -0.399 e. The predicted molar refractivity (Wildman–Crippen MR) is 97.2 cm³/mol. The van der Waals surface area contributed by atoms with Crippen molar-refractivity contribution in [3.05, 3.63) is 54.1 Å².